The van der Waals surface area contributed by atoms with Crippen molar-refractivity contribution in [3.8, 4) is 0 Å². The largest absolute Gasteiger partial charge is 0.308 e. The van der Waals surface area contributed by atoms with Gasteiger partial charge in [-0.15, -0.1) is 5.10 Å². The minimum atomic E-state index is 0.729. The summed E-state index contributed by atoms with van der Waals surface area (Å²) in [6, 6.07) is 0.729. The number of nitrogens with one attached hydrogen (secondary N) is 1. The van der Waals surface area contributed by atoms with Gasteiger partial charge in [0.2, 0.25) is 0 Å². The molecule has 4 nitrogen and oxygen atoms in total. The molecular weight excluding hydrogens is 152 g/mol. The van der Waals surface area contributed by atoms with E-state index in [1.807, 2.05) is 13.2 Å². The van der Waals surface area contributed by atoms with Gasteiger partial charge in [0.15, 0.2) is 0 Å². The third kappa shape index (κ3) is 1.64. The van der Waals surface area contributed by atoms with Crippen molar-refractivity contribution in [1.82, 2.24) is 20.3 Å². The highest BCUT2D eigenvalue weighted by atomic mass is 15.4. The Balaban J connectivity index is 1.79. The molecule has 0 radical (unpaired) electrons. The third-order valence-corrected chi connectivity index (χ3v) is 2.33. The highest BCUT2D eigenvalue weighted by Crippen LogP contribution is 2.18. The molecule has 1 N–H and O–H groups in total. The molecule has 0 bridgehead atoms. The van der Waals surface area contributed by atoms with Crippen LogP contribution in [0.25, 0.3) is 0 Å². The summed E-state index contributed by atoms with van der Waals surface area (Å²) in [5, 5.41) is 11.3. The number of aryl methyl sites for hydroxylation is 1. The second-order valence-electron chi connectivity index (χ2n) is 3.39. The molecule has 0 atom stereocenters. The first kappa shape index (κ1) is 7.73. The Kier molecular flexibility index (Phi) is 2.08. The van der Waals surface area contributed by atoms with Crippen LogP contribution in [0.1, 0.15) is 25.0 Å². The Morgan fingerprint density at radius 1 is 1.67 bits per heavy atom. The van der Waals surface area contributed by atoms with Crippen LogP contribution in [0.3, 0.4) is 0 Å². The predicted molar refractivity (Wildman–Crippen MR) is 45.5 cm³/mol. The Hall–Kier alpha value is -0.900. The SMILES string of the molecule is Cn1cc(CNC2CCC2)nn1. The number of hydrogen-bond donors (Lipinski definition) is 1. The van der Waals surface area contributed by atoms with Gasteiger partial charge in [0.05, 0.1) is 5.69 Å². The normalized spacial score (nSPS) is 17.8. The van der Waals surface area contributed by atoms with Gasteiger partial charge in [-0.1, -0.05) is 11.6 Å². The van der Waals surface area contributed by atoms with E-state index >= 15 is 0 Å². The van der Waals surface area contributed by atoms with Crippen LogP contribution in [0.15, 0.2) is 6.20 Å². The maximum absolute atomic E-state index is 4.00. The lowest BCUT2D eigenvalue weighted by Crippen LogP contribution is -2.34. The average Bonchev–Trinajstić information content (AvgIpc) is 2.32. The fourth-order valence-electron chi connectivity index (χ4n) is 1.34. The molecule has 0 spiro atoms. The van der Waals surface area contributed by atoms with Gasteiger partial charge in [-0.05, 0) is 12.8 Å². The summed E-state index contributed by atoms with van der Waals surface area (Å²) >= 11 is 0. The van der Waals surface area contributed by atoms with E-state index in [0.29, 0.717) is 0 Å². The molecule has 1 heterocycles. The van der Waals surface area contributed by atoms with Crippen LogP contribution < -0.4 is 5.32 Å². The van der Waals surface area contributed by atoms with E-state index in [9.17, 15) is 0 Å². The van der Waals surface area contributed by atoms with Gasteiger partial charge in [0, 0.05) is 25.8 Å². The fourth-order valence-corrected chi connectivity index (χ4v) is 1.34. The first-order valence-corrected chi connectivity index (χ1v) is 4.43. The second-order valence-corrected chi connectivity index (χ2v) is 3.39. The molecule has 1 saturated carbocycles. The molecule has 0 amide bonds. The van der Waals surface area contributed by atoms with E-state index in [1.165, 1.54) is 19.3 Å². The van der Waals surface area contributed by atoms with Gasteiger partial charge in [0.1, 0.15) is 0 Å². The number of nitrogens with zero attached hydrogens (tertiary/aromatic N) is 3. The maximum Gasteiger partial charge on any atom is 0.0964 e. The minimum Gasteiger partial charge on any atom is -0.308 e. The van der Waals surface area contributed by atoms with E-state index in [2.05, 4.69) is 15.6 Å². The van der Waals surface area contributed by atoms with Crippen molar-refractivity contribution >= 4 is 0 Å². The van der Waals surface area contributed by atoms with Crippen LogP contribution in [-0.4, -0.2) is 21.0 Å². The third-order valence-electron chi connectivity index (χ3n) is 2.33. The smallest absolute Gasteiger partial charge is 0.0964 e. The van der Waals surface area contributed by atoms with Gasteiger partial charge in [-0.25, -0.2) is 0 Å². The average molecular weight is 166 g/mol. The van der Waals surface area contributed by atoms with Crippen LogP contribution in [0, 0.1) is 0 Å². The summed E-state index contributed by atoms with van der Waals surface area (Å²) in [5.41, 5.74) is 1.03. The summed E-state index contributed by atoms with van der Waals surface area (Å²) in [7, 11) is 1.89. The first-order chi connectivity index (χ1) is 5.84. The first-order valence-electron chi connectivity index (χ1n) is 4.43. The molecule has 0 aromatic carbocycles. The van der Waals surface area contributed by atoms with Crippen molar-refractivity contribution in [3.63, 3.8) is 0 Å². The summed E-state index contributed by atoms with van der Waals surface area (Å²) in [4.78, 5) is 0. The molecule has 1 aromatic rings. The summed E-state index contributed by atoms with van der Waals surface area (Å²) in [5.74, 6) is 0. The highest BCUT2D eigenvalue weighted by Gasteiger charge is 2.16. The van der Waals surface area contributed by atoms with Crippen molar-refractivity contribution in [2.75, 3.05) is 0 Å². The van der Waals surface area contributed by atoms with Crippen LogP contribution in [0.2, 0.25) is 0 Å². The zero-order valence-corrected chi connectivity index (χ0v) is 7.32. The molecule has 2 rings (SSSR count). The van der Waals surface area contributed by atoms with Crippen molar-refractivity contribution < 1.29 is 0 Å². The van der Waals surface area contributed by atoms with Gasteiger partial charge in [-0.2, -0.15) is 0 Å². The topological polar surface area (TPSA) is 42.7 Å². The Morgan fingerprint density at radius 3 is 3.00 bits per heavy atom. The molecule has 1 aliphatic rings. The molecule has 1 aliphatic carbocycles. The zero-order chi connectivity index (χ0) is 8.39. The zero-order valence-electron chi connectivity index (χ0n) is 7.32. The predicted octanol–water partition coefficient (Wildman–Crippen LogP) is 0.457. The van der Waals surface area contributed by atoms with E-state index in [1.54, 1.807) is 4.68 Å². The van der Waals surface area contributed by atoms with E-state index in [0.717, 1.165) is 18.3 Å². The standard InChI is InChI=1S/C8H14N4/c1-12-6-8(10-11-12)5-9-7-3-2-4-7/h6-7,9H,2-5H2,1H3. The van der Waals surface area contributed by atoms with Gasteiger partial charge < -0.3 is 5.32 Å². The molecule has 1 fully saturated rings. The molecule has 0 aliphatic heterocycles. The van der Waals surface area contributed by atoms with Gasteiger partial charge >= 0.3 is 0 Å². The van der Waals surface area contributed by atoms with Crippen molar-refractivity contribution in [2.24, 2.45) is 7.05 Å². The monoisotopic (exact) mass is 166 g/mol. The molecule has 0 unspecified atom stereocenters. The summed E-state index contributed by atoms with van der Waals surface area (Å²) in [6.45, 7) is 0.860. The van der Waals surface area contributed by atoms with Crippen LogP contribution in [0.4, 0.5) is 0 Å². The number of hydrogen-bond acceptors (Lipinski definition) is 3. The summed E-state index contributed by atoms with van der Waals surface area (Å²) < 4.78 is 1.73. The highest BCUT2D eigenvalue weighted by molar-refractivity contribution is 4.92. The van der Waals surface area contributed by atoms with Gasteiger partial charge in [-0.3, -0.25) is 4.68 Å². The fraction of sp³-hybridized carbons (Fsp3) is 0.750. The maximum atomic E-state index is 4.00. The van der Waals surface area contributed by atoms with E-state index in [-0.39, 0.29) is 0 Å². The number of aromatic nitrogens is 3. The lowest BCUT2D eigenvalue weighted by Gasteiger charge is -2.25. The molecule has 12 heavy (non-hydrogen) atoms. The molecule has 4 heteroatoms. The van der Waals surface area contributed by atoms with Crippen molar-refractivity contribution in [3.05, 3.63) is 11.9 Å². The lowest BCUT2D eigenvalue weighted by molar-refractivity contribution is 0.337. The molecule has 66 valence electrons. The van der Waals surface area contributed by atoms with E-state index < -0.39 is 0 Å². The summed E-state index contributed by atoms with van der Waals surface area (Å²) in [6.07, 6.45) is 5.96. The van der Waals surface area contributed by atoms with Crippen molar-refractivity contribution in [1.29, 1.82) is 0 Å². The molecular formula is C8H14N4. The Morgan fingerprint density at radius 2 is 2.50 bits per heavy atom. The van der Waals surface area contributed by atoms with Crippen LogP contribution in [-0.2, 0) is 13.6 Å². The van der Waals surface area contributed by atoms with Crippen molar-refractivity contribution in [2.45, 2.75) is 31.8 Å². The van der Waals surface area contributed by atoms with Crippen LogP contribution in [0.5, 0.6) is 0 Å². The Bertz CT molecular complexity index is 251. The minimum absolute atomic E-state index is 0.729. The lowest BCUT2D eigenvalue weighted by atomic mass is 9.93. The Labute approximate surface area is 72.0 Å². The number of rotatable bonds is 3. The van der Waals surface area contributed by atoms with Crippen LogP contribution >= 0.6 is 0 Å². The van der Waals surface area contributed by atoms with E-state index in [4.69, 9.17) is 0 Å². The molecule has 1 aromatic heterocycles. The van der Waals surface area contributed by atoms with Gasteiger partial charge in [0.25, 0.3) is 0 Å². The molecule has 0 saturated heterocycles. The second kappa shape index (κ2) is 3.23. The quantitative estimate of drug-likeness (QED) is 0.709.